The molecule has 3 nitrogen and oxygen atoms in total. The summed E-state index contributed by atoms with van der Waals surface area (Å²) in [7, 11) is 0. The molecule has 1 unspecified atom stereocenters. The van der Waals surface area contributed by atoms with E-state index in [1.165, 1.54) is 5.56 Å². The Morgan fingerprint density at radius 1 is 1.47 bits per heavy atom. The van der Waals surface area contributed by atoms with Crippen molar-refractivity contribution in [3.63, 3.8) is 0 Å². The molecule has 0 aliphatic heterocycles. The lowest BCUT2D eigenvalue weighted by molar-refractivity contribution is 0.173. The summed E-state index contributed by atoms with van der Waals surface area (Å²) in [5, 5.41) is 13.9. The number of rotatable bonds is 4. The Balaban J connectivity index is 2.11. The summed E-state index contributed by atoms with van der Waals surface area (Å²) in [6, 6.07) is 8.13. The van der Waals surface area contributed by atoms with Crippen LogP contribution in [-0.4, -0.2) is 14.9 Å². The monoisotopic (exact) mass is 294 g/mol. The van der Waals surface area contributed by atoms with Gasteiger partial charge in [0.15, 0.2) is 0 Å². The van der Waals surface area contributed by atoms with Gasteiger partial charge in [0.1, 0.15) is 0 Å². The second-order valence-corrected chi connectivity index (χ2v) is 4.94. The molecule has 2 rings (SSSR count). The molecule has 90 valence electrons. The van der Waals surface area contributed by atoms with Gasteiger partial charge in [0.2, 0.25) is 0 Å². The van der Waals surface area contributed by atoms with E-state index in [9.17, 15) is 5.11 Å². The van der Waals surface area contributed by atoms with Gasteiger partial charge in [-0.2, -0.15) is 5.10 Å². The van der Waals surface area contributed by atoms with E-state index in [2.05, 4.69) is 33.2 Å². The van der Waals surface area contributed by atoms with Crippen molar-refractivity contribution in [1.29, 1.82) is 0 Å². The fraction of sp³-hybridized carbons (Fsp3) is 0.308. The summed E-state index contributed by atoms with van der Waals surface area (Å²) < 4.78 is 2.91. The first-order valence-electron chi connectivity index (χ1n) is 5.64. The molecule has 2 aromatic rings. The standard InChI is InChI=1S/C13H15BrN2O/c1-2-13(17)11-7-15-16(9-11)8-10-4-3-5-12(14)6-10/h3-7,9,13,17H,2,8H2,1H3. The third-order valence-electron chi connectivity index (χ3n) is 2.66. The molecule has 0 fully saturated rings. The van der Waals surface area contributed by atoms with Gasteiger partial charge in [-0.1, -0.05) is 35.0 Å². The molecule has 1 atom stereocenters. The van der Waals surface area contributed by atoms with Crippen LogP contribution < -0.4 is 0 Å². The Hall–Kier alpha value is -1.13. The van der Waals surface area contributed by atoms with Crippen molar-refractivity contribution in [3.8, 4) is 0 Å². The van der Waals surface area contributed by atoms with Gasteiger partial charge in [-0.15, -0.1) is 0 Å². The minimum atomic E-state index is -0.411. The third kappa shape index (κ3) is 3.17. The number of nitrogens with zero attached hydrogens (tertiary/aromatic N) is 2. The highest BCUT2D eigenvalue weighted by atomic mass is 79.9. The summed E-state index contributed by atoms with van der Waals surface area (Å²) in [6.07, 6.45) is 3.93. The van der Waals surface area contributed by atoms with Crippen molar-refractivity contribution in [2.45, 2.75) is 26.0 Å². The zero-order valence-corrected chi connectivity index (χ0v) is 11.3. The number of aliphatic hydroxyl groups is 1. The SMILES string of the molecule is CCC(O)c1cnn(Cc2cccc(Br)c2)c1. The van der Waals surface area contributed by atoms with E-state index in [0.717, 1.165) is 16.6 Å². The predicted octanol–water partition coefficient (Wildman–Crippen LogP) is 3.14. The molecule has 0 aliphatic carbocycles. The normalized spacial score (nSPS) is 12.6. The van der Waals surface area contributed by atoms with E-state index in [4.69, 9.17) is 0 Å². The number of aliphatic hydroxyl groups excluding tert-OH is 1. The van der Waals surface area contributed by atoms with Gasteiger partial charge in [-0.05, 0) is 24.1 Å². The number of hydrogen-bond acceptors (Lipinski definition) is 2. The molecule has 0 amide bonds. The number of hydrogen-bond donors (Lipinski definition) is 1. The highest BCUT2D eigenvalue weighted by Crippen LogP contribution is 2.16. The largest absolute Gasteiger partial charge is 0.388 e. The molecule has 0 spiro atoms. The summed E-state index contributed by atoms with van der Waals surface area (Å²) >= 11 is 3.45. The molecule has 0 saturated heterocycles. The minimum absolute atomic E-state index is 0.411. The van der Waals surface area contributed by atoms with Gasteiger partial charge in [0, 0.05) is 16.2 Å². The maximum absolute atomic E-state index is 9.69. The van der Waals surface area contributed by atoms with Crippen LogP contribution in [0, 0.1) is 0 Å². The topological polar surface area (TPSA) is 38.1 Å². The van der Waals surface area contributed by atoms with Gasteiger partial charge < -0.3 is 5.11 Å². The van der Waals surface area contributed by atoms with Gasteiger partial charge in [0.05, 0.1) is 18.8 Å². The lowest BCUT2D eigenvalue weighted by Crippen LogP contribution is -2.00. The second-order valence-electron chi connectivity index (χ2n) is 4.03. The summed E-state index contributed by atoms with van der Waals surface area (Å²) in [5.74, 6) is 0. The zero-order valence-electron chi connectivity index (χ0n) is 9.68. The average molecular weight is 295 g/mol. The van der Waals surface area contributed by atoms with Crippen LogP contribution in [-0.2, 0) is 6.54 Å². The smallest absolute Gasteiger partial charge is 0.0817 e. The van der Waals surface area contributed by atoms with Gasteiger partial charge in [-0.25, -0.2) is 0 Å². The van der Waals surface area contributed by atoms with E-state index in [0.29, 0.717) is 6.42 Å². The van der Waals surface area contributed by atoms with Crippen LogP contribution in [0.25, 0.3) is 0 Å². The van der Waals surface area contributed by atoms with E-state index in [1.807, 2.05) is 29.9 Å². The average Bonchev–Trinajstić information content (AvgIpc) is 2.76. The van der Waals surface area contributed by atoms with Crippen molar-refractivity contribution in [1.82, 2.24) is 9.78 Å². The van der Waals surface area contributed by atoms with Gasteiger partial charge in [0.25, 0.3) is 0 Å². The fourth-order valence-corrected chi connectivity index (χ4v) is 2.14. The van der Waals surface area contributed by atoms with Crippen LogP contribution in [0.4, 0.5) is 0 Å². The highest BCUT2D eigenvalue weighted by Gasteiger charge is 2.07. The highest BCUT2D eigenvalue weighted by molar-refractivity contribution is 9.10. The number of halogens is 1. The van der Waals surface area contributed by atoms with Crippen LogP contribution in [0.2, 0.25) is 0 Å². The summed E-state index contributed by atoms with van der Waals surface area (Å²) in [6.45, 7) is 2.67. The molecular formula is C13H15BrN2O. The van der Waals surface area contributed by atoms with Crippen LogP contribution >= 0.6 is 15.9 Å². The Kier molecular flexibility index (Phi) is 3.97. The number of aromatic nitrogens is 2. The van der Waals surface area contributed by atoms with Crippen molar-refractivity contribution in [2.75, 3.05) is 0 Å². The maximum Gasteiger partial charge on any atom is 0.0817 e. The third-order valence-corrected chi connectivity index (χ3v) is 3.15. The van der Waals surface area contributed by atoms with Crippen molar-refractivity contribution in [3.05, 3.63) is 52.3 Å². The molecule has 0 bridgehead atoms. The molecule has 1 aromatic heterocycles. The maximum atomic E-state index is 9.69. The first-order valence-corrected chi connectivity index (χ1v) is 6.43. The molecule has 0 radical (unpaired) electrons. The predicted molar refractivity (Wildman–Crippen MR) is 70.7 cm³/mol. The van der Waals surface area contributed by atoms with Crippen molar-refractivity contribution in [2.24, 2.45) is 0 Å². The molecule has 1 N–H and O–H groups in total. The molecular weight excluding hydrogens is 280 g/mol. The van der Waals surface area contributed by atoms with Crippen LogP contribution in [0.1, 0.15) is 30.6 Å². The number of benzene rings is 1. The van der Waals surface area contributed by atoms with E-state index >= 15 is 0 Å². The first kappa shape index (κ1) is 12.3. The Morgan fingerprint density at radius 3 is 3.00 bits per heavy atom. The van der Waals surface area contributed by atoms with Crippen LogP contribution in [0.3, 0.4) is 0 Å². The minimum Gasteiger partial charge on any atom is -0.388 e. The van der Waals surface area contributed by atoms with Gasteiger partial charge in [-0.3, -0.25) is 4.68 Å². The Labute approximate surface area is 109 Å². The molecule has 17 heavy (non-hydrogen) atoms. The molecule has 0 aliphatic rings. The quantitative estimate of drug-likeness (QED) is 0.941. The molecule has 1 heterocycles. The van der Waals surface area contributed by atoms with Crippen LogP contribution in [0.15, 0.2) is 41.1 Å². The van der Waals surface area contributed by atoms with E-state index in [-0.39, 0.29) is 0 Å². The summed E-state index contributed by atoms with van der Waals surface area (Å²) in [4.78, 5) is 0. The first-order chi connectivity index (χ1) is 8.19. The lowest BCUT2D eigenvalue weighted by atomic mass is 10.1. The van der Waals surface area contributed by atoms with Crippen molar-refractivity contribution >= 4 is 15.9 Å². The van der Waals surface area contributed by atoms with Crippen molar-refractivity contribution < 1.29 is 5.11 Å². The molecule has 1 aromatic carbocycles. The Morgan fingerprint density at radius 2 is 2.29 bits per heavy atom. The molecule has 4 heteroatoms. The Bertz CT molecular complexity index is 496. The van der Waals surface area contributed by atoms with Crippen LogP contribution in [0.5, 0.6) is 0 Å². The summed E-state index contributed by atoms with van der Waals surface area (Å²) in [5.41, 5.74) is 2.06. The fourth-order valence-electron chi connectivity index (χ4n) is 1.70. The van der Waals surface area contributed by atoms with E-state index < -0.39 is 6.10 Å². The van der Waals surface area contributed by atoms with Gasteiger partial charge >= 0.3 is 0 Å². The lowest BCUT2D eigenvalue weighted by Gasteiger charge is -2.04. The van der Waals surface area contributed by atoms with E-state index in [1.54, 1.807) is 6.20 Å². The molecule has 0 saturated carbocycles. The zero-order chi connectivity index (χ0) is 12.3. The second kappa shape index (κ2) is 5.47.